The molecule has 1 heterocycles. The zero-order valence-electron chi connectivity index (χ0n) is 14.1. The van der Waals surface area contributed by atoms with Crippen LogP contribution in [0.25, 0.3) is 11.3 Å². The number of carbonyl (C=O) groups is 1. The second kappa shape index (κ2) is 7.77. The number of hydrogen-bond acceptors (Lipinski definition) is 3. The zero-order valence-corrected chi connectivity index (χ0v) is 14.1. The molecule has 0 aliphatic heterocycles. The van der Waals surface area contributed by atoms with E-state index in [1.807, 2.05) is 54.6 Å². The monoisotopic (exact) mass is 335 g/mol. The van der Waals surface area contributed by atoms with Crippen molar-refractivity contribution in [3.8, 4) is 11.3 Å². The first-order valence-corrected chi connectivity index (χ1v) is 8.24. The van der Waals surface area contributed by atoms with Crippen LogP contribution in [0, 0.1) is 0 Å². The second-order valence-electron chi connectivity index (χ2n) is 6.05. The van der Waals surface area contributed by atoms with E-state index in [9.17, 15) is 9.90 Å². The van der Waals surface area contributed by atoms with Crippen molar-refractivity contribution in [3.05, 3.63) is 72.2 Å². The van der Waals surface area contributed by atoms with Gasteiger partial charge in [-0.25, -0.2) is 4.98 Å². The fraction of sp³-hybridized carbons (Fsp3) is 0.200. The average molecular weight is 335 g/mol. The maximum Gasteiger partial charge on any atom is 0.211 e. The third kappa shape index (κ3) is 4.14. The Bertz CT molecular complexity index is 841. The van der Waals surface area contributed by atoms with Crippen molar-refractivity contribution in [2.24, 2.45) is 0 Å². The van der Waals surface area contributed by atoms with Gasteiger partial charge in [0, 0.05) is 29.9 Å². The number of imidazole rings is 1. The lowest BCUT2D eigenvalue weighted by molar-refractivity contribution is -0.105. The molecule has 5 heteroatoms. The van der Waals surface area contributed by atoms with Crippen molar-refractivity contribution < 1.29 is 9.90 Å². The molecule has 3 aromatic rings. The number of rotatable bonds is 7. The topological polar surface area (TPSA) is 67.2 Å². The van der Waals surface area contributed by atoms with E-state index < -0.39 is 6.10 Å². The number of nitrogens with one attached hydrogen (secondary N) is 1. The number of amides is 1. The minimum Gasteiger partial charge on any atom is -0.393 e. The van der Waals surface area contributed by atoms with E-state index in [-0.39, 0.29) is 0 Å². The van der Waals surface area contributed by atoms with Crippen molar-refractivity contribution in [3.63, 3.8) is 0 Å². The lowest BCUT2D eigenvalue weighted by Gasteiger charge is -2.13. The van der Waals surface area contributed by atoms with Gasteiger partial charge < -0.3 is 15.0 Å². The van der Waals surface area contributed by atoms with E-state index >= 15 is 0 Å². The molecule has 1 atom stereocenters. The van der Waals surface area contributed by atoms with E-state index in [0.29, 0.717) is 19.4 Å². The van der Waals surface area contributed by atoms with Crippen LogP contribution in [0.3, 0.4) is 0 Å². The first kappa shape index (κ1) is 16.9. The highest BCUT2D eigenvalue weighted by Crippen LogP contribution is 2.24. The number of benzene rings is 2. The maximum atomic E-state index is 10.6. The van der Waals surface area contributed by atoms with Crippen LogP contribution in [0.5, 0.6) is 0 Å². The molecule has 25 heavy (non-hydrogen) atoms. The van der Waals surface area contributed by atoms with Crippen molar-refractivity contribution in [1.82, 2.24) is 9.55 Å². The van der Waals surface area contributed by atoms with Gasteiger partial charge in [-0.15, -0.1) is 0 Å². The minimum atomic E-state index is -0.457. The molecular weight excluding hydrogens is 314 g/mol. The average Bonchev–Trinajstić information content (AvgIpc) is 2.98. The standard InChI is InChI=1S/C20H21N3O2/c1-15(25)10-19-20(17-7-3-2-4-8-17)21-13-23(19)12-16-6-5-9-18(11-16)22-14-24/h2-9,11,13-15,25H,10,12H2,1H3,(H,22,24). The third-order valence-electron chi connectivity index (χ3n) is 3.99. The molecule has 0 saturated heterocycles. The normalized spacial score (nSPS) is 11.9. The Labute approximate surface area is 147 Å². The molecule has 0 saturated carbocycles. The number of carbonyl (C=O) groups excluding carboxylic acids is 1. The highest BCUT2D eigenvalue weighted by molar-refractivity contribution is 5.71. The summed E-state index contributed by atoms with van der Waals surface area (Å²) >= 11 is 0. The van der Waals surface area contributed by atoms with Gasteiger partial charge in [0.1, 0.15) is 0 Å². The van der Waals surface area contributed by atoms with Crippen LogP contribution in [0.2, 0.25) is 0 Å². The molecule has 0 spiro atoms. The van der Waals surface area contributed by atoms with E-state index in [0.717, 1.165) is 28.2 Å². The molecule has 2 aromatic carbocycles. The largest absolute Gasteiger partial charge is 0.393 e. The first-order chi connectivity index (χ1) is 12.2. The molecule has 3 rings (SSSR count). The molecule has 1 amide bonds. The SMILES string of the molecule is CC(O)Cc1c(-c2ccccc2)ncn1Cc1cccc(NC=O)c1. The predicted molar refractivity (Wildman–Crippen MR) is 98.3 cm³/mol. The van der Waals surface area contributed by atoms with Crippen molar-refractivity contribution in [2.45, 2.75) is 26.0 Å². The summed E-state index contributed by atoms with van der Waals surface area (Å²) in [6, 6.07) is 17.7. The Morgan fingerprint density at radius 3 is 2.72 bits per heavy atom. The van der Waals surface area contributed by atoms with E-state index in [4.69, 9.17) is 0 Å². The molecule has 0 fully saturated rings. The molecule has 1 aromatic heterocycles. The van der Waals surface area contributed by atoms with Crippen LogP contribution in [0.15, 0.2) is 60.9 Å². The summed E-state index contributed by atoms with van der Waals surface area (Å²) in [7, 11) is 0. The summed E-state index contributed by atoms with van der Waals surface area (Å²) < 4.78 is 2.05. The molecule has 128 valence electrons. The van der Waals surface area contributed by atoms with Gasteiger partial charge in [0.05, 0.1) is 18.1 Å². The number of hydrogen-bond donors (Lipinski definition) is 2. The van der Waals surface area contributed by atoms with Gasteiger partial charge in [-0.05, 0) is 24.6 Å². The van der Waals surface area contributed by atoms with Crippen LogP contribution in [-0.2, 0) is 17.8 Å². The summed E-state index contributed by atoms with van der Waals surface area (Å²) in [5.41, 5.74) is 4.73. The Hall–Kier alpha value is -2.92. The smallest absolute Gasteiger partial charge is 0.211 e. The number of aromatic nitrogens is 2. The fourth-order valence-corrected chi connectivity index (χ4v) is 2.90. The van der Waals surface area contributed by atoms with Crippen molar-refractivity contribution >= 4 is 12.1 Å². The molecule has 5 nitrogen and oxygen atoms in total. The number of nitrogens with zero attached hydrogens (tertiary/aromatic N) is 2. The second-order valence-corrected chi connectivity index (χ2v) is 6.05. The Kier molecular flexibility index (Phi) is 5.26. The number of aliphatic hydroxyl groups is 1. The number of aliphatic hydroxyl groups excluding tert-OH is 1. The molecule has 0 bridgehead atoms. The summed E-state index contributed by atoms with van der Waals surface area (Å²) in [6.45, 7) is 2.40. The highest BCUT2D eigenvalue weighted by atomic mass is 16.3. The van der Waals surface area contributed by atoms with E-state index in [2.05, 4.69) is 14.9 Å². The third-order valence-corrected chi connectivity index (χ3v) is 3.99. The molecule has 0 aliphatic carbocycles. The molecule has 1 unspecified atom stereocenters. The van der Waals surface area contributed by atoms with Crippen molar-refractivity contribution in [2.75, 3.05) is 5.32 Å². The zero-order chi connectivity index (χ0) is 17.6. The Morgan fingerprint density at radius 1 is 1.20 bits per heavy atom. The summed E-state index contributed by atoms with van der Waals surface area (Å²) in [4.78, 5) is 15.2. The molecular formula is C20H21N3O2. The Morgan fingerprint density at radius 2 is 2.00 bits per heavy atom. The molecule has 0 radical (unpaired) electrons. The van der Waals surface area contributed by atoms with Crippen LogP contribution < -0.4 is 5.32 Å². The molecule has 0 aliphatic rings. The van der Waals surface area contributed by atoms with Gasteiger partial charge >= 0.3 is 0 Å². The van der Waals surface area contributed by atoms with E-state index in [1.165, 1.54) is 0 Å². The lowest BCUT2D eigenvalue weighted by atomic mass is 10.1. The summed E-state index contributed by atoms with van der Waals surface area (Å²) in [6.07, 6.45) is 2.54. The molecule has 2 N–H and O–H groups in total. The van der Waals surface area contributed by atoms with Crippen molar-refractivity contribution in [1.29, 1.82) is 0 Å². The number of anilines is 1. The predicted octanol–water partition coefficient (Wildman–Crippen LogP) is 3.09. The summed E-state index contributed by atoms with van der Waals surface area (Å²) in [5.74, 6) is 0. The quantitative estimate of drug-likeness (QED) is 0.652. The van der Waals surface area contributed by atoms with Gasteiger partial charge in [0.25, 0.3) is 0 Å². The van der Waals surface area contributed by atoms with Crippen LogP contribution >= 0.6 is 0 Å². The lowest BCUT2D eigenvalue weighted by Crippen LogP contribution is -2.11. The van der Waals surface area contributed by atoms with Gasteiger partial charge in [0.15, 0.2) is 0 Å². The van der Waals surface area contributed by atoms with Gasteiger partial charge in [-0.3, -0.25) is 4.79 Å². The van der Waals surface area contributed by atoms with Gasteiger partial charge in [-0.1, -0.05) is 42.5 Å². The first-order valence-electron chi connectivity index (χ1n) is 8.24. The Balaban J connectivity index is 1.94. The van der Waals surface area contributed by atoms with E-state index in [1.54, 1.807) is 13.3 Å². The van der Waals surface area contributed by atoms with Crippen LogP contribution in [-0.4, -0.2) is 27.2 Å². The fourth-order valence-electron chi connectivity index (χ4n) is 2.90. The van der Waals surface area contributed by atoms with Crippen LogP contribution in [0.4, 0.5) is 5.69 Å². The maximum absolute atomic E-state index is 10.6. The highest BCUT2D eigenvalue weighted by Gasteiger charge is 2.15. The van der Waals surface area contributed by atoms with Crippen LogP contribution in [0.1, 0.15) is 18.2 Å². The minimum absolute atomic E-state index is 0.457. The van der Waals surface area contributed by atoms with Gasteiger partial charge in [-0.2, -0.15) is 0 Å². The summed E-state index contributed by atoms with van der Waals surface area (Å²) in [5, 5.41) is 12.6. The van der Waals surface area contributed by atoms with Gasteiger partial charge in [0.2, 0.25) is 6.41 Å².